The van der Waals surface area contributed by atoms with Crippen LogP contribution < -0.4 is 0 Å². The molecule has 0 saturated heterocycles. The Kier molecular flexibility index (Phi) is 28.5. The van der Waals surface area contributed by atoms with E-state index in [-0.39, 0.29) is 42.4 Å². The molecule has 14 nitrogen and oxygen atoms in total. The third-order valence-electron chi connectivity index (χ3n) is 11.4. The summed E-state index contributed by atoms with van der Waals surface area (Å²) in [5.41, 5.74) is -0.301. The number of aromatic nitrogens is 8. The van der Waals surface area contributed by atoms with Crippen LogP contribution in [-0.2, 0) is 91.5 Å². The van der Waals surface area contributed by atoms with Crippen LogP contribution in [0.3, 0.4) is 0 Å². The fourth-order valence-corrected chi connectivity index (χ4v) is 7.48. The summed E-state index contributed by atoms with van der Waals surface area (Å²) in [6.45, 7) is 7.88. The van der Waals surface area contributed by atoms with Crippen LogP contribution in [0, 0.1) is 98.5 Å². The Morgan fingerprint density at radius 3 is 0.783 bits per heavy atom. The fraction of sp³-hybridized carbons (Fsp3) is 0.103. The Hall–Kier alpha value is -7.35. The van der Waals surface area contributed by atoms with Gasteiger partial charge in [-0.1, -0.05) is 70.8 Å². The zero-order valence-corrected chi connectivity index (χ0v) is 55.0. The van der Waals surface area contributed by atoms with Gasteiger partial charge < -0.3 is 8.42 Å². The van der Waals surface area contributed by atoms with Gasteiger partial charge in [0.05, 0.1) is 22.1 Å². The van der Waals surface area contributed by atoms with Gasteiger partial charge >= 0.3 is 72.9 Å². The van der Waals surface area contributed by atoms with Crippen molar-refractivity contribution in [2.24, 2.45) is 0 Å². The van der Waals surface area contributed by atoms with E-state index in [0.29, 0.717) is 22.8 Å². The minimum atomic E-state index is -5.84. The summed E-state index contributed by atoms with van der Waals surface area (Å²) in [4.78, 5) is 0. The summed E-state index contributed by atoms with van der Waals surface area (Å²) in [6, 6.07) is 40.5. The number of hydrogen-bond acceptors (Lipinski definition) is 10. The topological polar surface area (TPSA) is 175 Å². The van der Waals surface area contributed by atoms with Crippen molar-refractivity contribution < 1.29 is 145 Å². The van der Waals surface area contributed by atoms with Gasteiger partial charge in [0.2, 0.25) is 0 Å². The molecule has 0 aliphatic rings. The van der Waals surface area contributed by atoms with Crippen molar-refractivity contribution in [1.29, 1.82) is 0 Å². The first-order valence-electron chi connectivity index (χ1n) is 24.5. The molecule has 0 atom stereocenters. The third-order valence-corrected chi connectivity index (χ3v) is 12.4. The zero-order valence-electron chi connectivity index (χ0n) is 46.4. The first-order chi connectivity index (χ1) is 42.7. The Bertz CT molecular complexity index is 4190. The van der Waals surface area contributed by atoms with Crippen LogP contribution in [0.1, 0.15) is 22.3 Å². The third kappa shape index (κ3) is 21.6. The maximum absolute atomic E-state index is 13.6. The Morgan fingerprint density at radius 2 is 0.630 bits per heavy atom. The van der Waals surface area contributed by atoms with Crippen LogP contribution in [0.25, 0.3) is 67.1 Å². The molecule has 0 unspecified atom stereocenters. The Labute approximate surface area is 554 Å². The molecule has 0 spiro atoms. The van der Waals surface area contributed by atoms with E-state index in [1.54, 1.807) is 88.2 Å². The van der Waals surface area contributed by atoms with Gasteiger partial charge in [-0.3, -0.25) is 57.7 Å². The number of fused-ring (bicyclic) bond motifs is 4. The number of pyridine rings is 4. The van der Waals surface area contributed by atoms with E-state index in [1.165, 1.54) is 17.9 Å². The van der Waals surface area contributed by atoms with Crippen molar-refractivity contribution >= 4 is 52.5 Å². The van der Waals surface area contributed by atoms with Crippen molar-refractivity contribution in [3.05, 3.63) is 239 Å². The average Bonchev–Trinajstić information content (AvgIpc) is 1.69. The average molecular weight is 1800 g/mol. The summed E-state index contributed by atoms with van der Waals surface area (Å²) in [6.07, 6.45) is 7.20. The summed E-state index contributed by atoms with van der Waals surface area (Å²) in [7, 11) is -5.13. The van der Waals surface area contributed by atoms with Crippen molar-refractivity contribution in [3.8, 4) is 45.0 Å². The second kappa shape index (κ2) is 34.0. The first-order valence-corrected chi connectivity index (χ1v) is 30.6. The molecule has 0 bridgehead atoms. The van der Waals surface area contributed by atoms with Gasteiger partial charge in [-0.25, -0.2) is 20.4 Å². The van der Waals surface area contributed by atoms with Gasteiger partial charge in [-0.05, 0) is 98.5 Å². The molecule has 34 heteroatoms. The molecular weight excluding hydrogens is 1760 g/mol. The fourth-order valence-electron chi connectivity index (χ4n) is 7.48. The van der Waals surface area contributed by atoms with Crippen LogP contribution in [0.4, 0.5) is 61.5 Å². The molecule has 1 radical (unpaired) electrons. The van der Waals surface area contributed by atoms with Crippen LogP contribution in [-0.4, -0.2) is 62.4 Å². The Morgan fingerprint density at radius 1 is 0.446 bits per heavy atom. The number of nitrogens with zero attached hydrogens (tertiary/aromatic N) is 8. The number of aryl methyl sites for hydroxylation is 4. The van der Waals surface area contributed by atoms with Gasteiger partial charge in [-0.2, -0.15) is 34.8 Å². The molecule has 494 valence electrons. The van der Waals surface area contributed by atoms with Gasteiger partial charge in [0.15, 0.2) is 0 Å². The number of halogens is 15. The summed E-state index contributed by atoms with van der Waals surface area (Å²) < 4.78 is 227. The van der Waals surface area contributed by atoms with Gasteiger partial charge in [-0.15, -0.1) is 48.5 Å². The number of alkyl halides is 6. The quantitative estimate of drug-likeness (QED) is 0.0446. The van der Waals surface area contributed by atoms with E-state index in [4.69, 9.17) is 24.6 Å². The van der Waals surface area contributed by atoms with E-state index in [9.17, 15) is 61.5 Å². The van der Waals surface area contributed by atoms with E-state index in [0.717, 1.165) is 92.9 Å². The molecule has 8 aromatic heterocycles. The van der Waals surface area contributed by atoms with Gasteiger partial charge in [0.25, 0.3) is 0 Å². The normalized spacial score (nSPS) is 11.0. The van der Waals surface area contributed by atoms with Crippen LogP contribution >= 0.6 is 9.58 Å². The molecule has 0 aliphatic carbocycles. The molecule has 12 aromatic rings. The molecule has 4 aromatic carbocycles. The summed E-state index contributed by atoms with van der Waals surface area (Å²) in [5.74, 6) is -5.20. The van der Waals surface area contributed by atoms with Gasteiger partial charge in [0.1, 0.15) is 0 Å². The molecule has 1 N–H and O–H groups in total. The van der Waals surface area contributed by atoms with Crippen molar-refractivity contribution in [2.45, 2.75) is 38.7 Å². The van der Waals surface area contributed by atoms with Crippen LogP contribution in [0.2, 0.25) is 0 Å². The molecule has 8 heterocycles. The summed E-state index contributed by atoms with van der Waals surface area (Å²) in [5, 5.41) is 17.0. The predicted octanol–water partition coefficient (Wildman–Crippen LogP) is 15.3. The van der Waals surface area contributed by atoms with E-state index in [2.05, 4.69) is 54.2 Å². The van der Waals surface area contributed by atoms with Crippen molar-refractivity contribution in [3.63, 3.8) is 0 Å². The monoisotopic (exact) mass is 1800 g/mol. The minimum absolute atomic E-state index is 0. The van der Waals surface area contributed by atoms with Crippen molar-refractivity contribution in [1.82, 2.24) is 38.5 Å². The van der Waals surface area contributed by atoms with Crippen LogP contribution in [0.15, 0.2) is 146 Å². The van der Waals surface area contributed by atoms with Gasteiger partial charge in [0, 0.05) is 125 Å². The molecular formula is C58H37AgClF14Ir2N8O6S2-3. The molecule has 0 saturated carbocycles. The van der Waals surface area contributed by atoms with Crippen LogP contribution in [0.5, 0.6) is 0 Å². The van der Waals surface area contributed by atoms with E-state index < -0.39 is 78.4 Å². The zero-order chi connectivity index (χ0) is 67.9. The number of benzene rings is 4. The number of rotatable bonds is 4. The molecule has 0 aliphatic heterocycles. The molecule has 0 fully saturated rings. The molecule has 92 heavy (non-hydrogen) atoms. The second-order valence-corrected chi connectivity index (χ2v) is 20.5. The van der Waals surface area contributed by atoms with Crippen molar-refractivity contribution in [2.75, 3.05) is 0 Å². The van der Waals surface area contributed by atoms with E-state index >= 15 is 0 Å². The SMILES string of the molecule is Cc1ccn2nc(-c3[c-]cc(F)cc3F)cc2c1.Cc1ccn2nc(-c3[c-]cc(F)cc3F)cc2c1.Cc1ccn2nc(-c3[c-]cc(F)cc3F)cc2c1.Cc1ccn2nc(-c3[c-]cc(F)cc3F)cc2c1.O=S(=O)(O)C(F)(F)F.O=[S-](=O)C(F)(F)F.[Cl][Ir+2].[Ir].[O]=[Ag]. The standard InChI is InChI=1S/4C14H9F2N2.CHF3O3S.CF3O2S.Ag.ClH.2Ir.O/c4*1-9-4-5-18-11(6-9)8-14(17-18)12-3-2-10(15)7-13(12)16;2-1(3,4)8(5,6)7;2-1(3,4)7(5)6;;;;;/h4*2,4-8H,1H3;(H,5,6,7);;;1H;;;/q4*-1;;-1;;;;+3;/p-1. The molecule has 12 rings (SSSR count). The second-order valence-electron chi connectivity index (χ2n) is 18.2. The summed E-state index contributed by atoms with van der Waals surface area (Å²) >= 11 is 3.17. The first kappa shape index (κ1) is 77.1. The predicted molar refractivity (Wildman–Crippen MR) is 295 cm³/mol. The molecule has 0 amide bonds. The Balaban J connectivity index is 0.000000239. The number of hydrogen-bond donors (Lipinski definition) is 1. The maximum atomic E-state index is 13.6. The van der Waals surface area contributed by atoms with E-state index in [1.807, 2.05) is 76.2 Å².